The van der Waals surface area contributed by atoms with E-state index in [1.165, 1.54) is 31.4 Å². The molecule has 0 aromatic heterocycles. The van der Waals surface area contributed by atoms with Gasteiger partial charge in [-0.15, -0.1) is 0 Å². The Bertz CT molecular complexity index is 481. The van der Waals surface area contributed by atoms with Crippen LogP contribution in [0.25, 0.3) is 0 Å². The first-order valence-electron chi connectivity index (χ1n) is 7.18. The second kappa shape index (κ2) is 6.55. The summed E-state index contributed by atoms with van der Waals surface area (Å²) in [7, 11) is 0. The number of carbonyl (C=O) groups excluding carboxylic acids is 1. The predicted octanol–water partition coefficient (Wildman–Crippen LogP) is 2.62. The van der Waals surface area contributed by atoms with Crippen molar-refractivity contribution in [3.05, 3.63) is 35.4 Å². The molecule has 1 aliphatic carbocycles. The van der Waals surface area contributed by atoms with Crippen LogP contribution in [0.4, 0.5) is 0 Å². The smallest absolute Gasteiger partial charge is 0.335 e. The molecular formula is C16H21NO3. The van der Waals surface area contributed by atoms with E-state index in [-0.39, 0.29) is 17.5 Å². The van der Waals surface area contributed by atoms with Crippen molar-refractivity contribution >= 4 is 11.9 Å². The summed E-state index contributed by atoms with van der Waals surface area (Å²) in [6, 6.07) is 6.76. The van der Waals surface area contributed by atoms with Crippen LogP contribution in [0.15, 0.2) is 24.3 Å². The molecule has 2 N–H and O–H groups in total. The number of carboxylic acids is 1. The number of aromatic carboxylic acids is 1. The zero-order valence-corrected chi connectivity index (χ0v) is 11.8. The predicted molar refractivity (Wildman–Crippen MR) is 76.7 cm³/mol. The van der Waals surface area contributed by atoms with E-state index in [0.29, 0.717) is 12.3 Å². The summed E-state index contributed by atoms with van der Waals surface area (Å²) in [4.78, 5) is 22.8. The highest BCUT2D eigenvalue weighted by Crippen LogP contribution is 2.23. The van der Waals surface area contributed by atoms with Crippen molar-refractivity contribution < 1.29 is 14.7 Å². The van der Waals surface area contributed by atoms with Crippen LogP contribution in [0, 0.1) is 5.92 Å². The van der Waals surface area contributed by atoms with Gasteiger partial charge in [-0.1, -0.05) is 31.9 Å². The fraction of sp³-hybridized carbons (Fsp3) is 0.500. The number of rotatable bonds is 4. The minimum atomic E-state index is -0.947. The first-order chi connectivity index (χ1) is 9.56. The lowest BCUT2D eigenvalue weighted by atomic mass is 9.86. The van der Waals surface area contributed by atoms with Crippen LogP contribution >= 0.6 is 0 Å². The highest BCUT2D eigenvalue weighted by molar-refractivity contribution is 5.87. The highest BCUT2D eigenvalue weighted by atomic mass is 16.4. The van der Waals surface area contributed by atoms with Gasteiger partial charge in [0.25, 0.3) is 0 Å². The number of carbonyl (C=O) groups is 2. The number of hydrogen-bond acceptors (Lipinski definition) is 2. The lowest BCUT2D eigenvalue weighted by molar-refractivity contribution is -0.121. The van der Waals surface area contributed by atoms with Crippen LogP contribution in [-0.4, -0.2) is 23.0 Å². The summed E-state index contributed by atoms with van der Waals surface area (Å²) in [6.07, 6.45) is 4.99. The molecule has 20 heavy (non-hydrogen) atoms. The molecule has 0 bridgehead atoms. The lowest BCUT2D eigenvalue weighted by Crippen LogP contribution is -2.41. The van der Waals surface area contributed by atoms with Gasteiger partial charge in [0.05, 0.1) is 12.0 Å². The minimum Gasteiger partial charge on any atom is -0.478 e. The van der Waals surface area contributed by atoms with E-state index in [2.05, 4.69) is 12.2 Å². The van der Waals surface area contributed by atoms with Crippen LogP contribution in [0.2, 0.25) is 0 Å². The highest BCUT2D eigenvalue weighted by Gasteiger charge is 2.22. The van der Waals surface area contributed by atoms with E-state index < -0.39 is 5.97 Å². The normalized spacial score (nSPS) is 22.2. The lowest BCUT2D eigenvalue weighted by Gasteiger charge is -2.29. The summed E-state index contributed by atoms with van der Waals surface area (Å²) in [5, 5.41) is 11.9. The maximum Gasteiger partial charge on any atom is 0.335 e. The fourth-order valence-electron chi connectivity index (χ4n) is 2.74. The number of nitrogens with one attached hydrogen (secondary N) is 1. The molecule has 1 aromatic carbocycles. The average molecular weight is 275 g/mol. The van der Waals surface area contributed by atoms with Crippen molar-refractivity contribution in [1.82, 2.24) is 5.32 Å². The Balaban J connectivity index is 1.89. The van der Waals surface area contributed by atoms with E-state index in [9.17, 15) is 9.59 Å². The zero-order valence-electron chi connectivity index (χ0n) is 11.8. The van der Waals surface area contributed by atoms with Gasteiger partial charge in [-0.2, -0.15) is 0 Å². The maximum atomic E-state index is 12.0. The van der Waals surface area contributed by atoms with Gasteiger partial charge in [-0.05, 0) is 36.5 Å². The quantitative estimate of drug-likeness (QED) is 0.887. The van der Waals surface area contributed by atoms with Gasteiger partial charge in [0.1, 0.15) is 0 Å². The van der Waals surface area contributed by atoms with E-state index >= 15 is 0 Å². The third kappa shape index (κ3) is 3.83. The standard InChI is InChI=1S/C16H21NO3/c1-11-4-2-3-5-14(11)17-15(18)10-12-6-8-13(9-7-12)16(19)20/h6-9,11,14H,2-5,10H2,1H3,(H,17,18)(H,19,20). The van der Waals surface area contributed by atoms with E-state index in [4.69, 9.17) is 5.11 Å². The molecular weight excluding hydrogens is 254 g/mol. The monoisotopic (exact) mass is 275 g/mol. The minimum absolute atomic E-state index is 0.0202. The van der Waals surface area contributed by atoms with Crippen molar-refractivity contribution in [2.45, 2.75) is 45.1 Å². The molecule has 4 nitrogen and oxygen atoms in total. The van der Waals surface area contributed by atoms with Crippen molar-refractivity contribution in [2.75, 3.05) is 0 Å². The topological polar surface area (TPSA) is 66.4 Å². The van der Waals surface area contributed by atoms with E-state index in [1.54, 1.807) is 12.1 Å². The van der Waals surface area contributed by atoms with Crippen LogP contribution in [0.1, 0.15) is 48.5 Å². The van der Waals surface area contributed by atoms with Crippen LogP contribution in [0.3, 0.4) is 0 Å². The summed E-state index contributed by atoms with van der Waals surface area (Å²) < 4.78 is 0. The van der Waals surface area contributed by atoms with Crippen molar-refractivity contribution in [3.63, 3.8) is 0 Å². The molecule has 1 aromatic rings. The number of carboxylic acid groups (broad SMARTS) is 1. The molecule has 1 aliphatic rings. The molecule has 2 unspecified atom stereocenters. The molecule has 1 amide bonds. The van der Waals surface area contributed by atoms with Gasteiger partial charge in [0, 0.05) is 6.04 Å². The van der Waals surface area contributed by atoms with E-state index in [0.717, 1.165) is 12.0 Å². The molecule has 0 spiro atoms. The Hall–Kier alpha value is -1.84. The zero-order chi connectivity index (χ0) is 14.5. The third-order valence-electron chi connectivity index (χ3n) is 4.02. The Morgan fingerprint density at radius 1 is 1.20 bits per heavy atom. The van der Waals surface area contributed by atoms with Crippen molar-refractivity contribution in [1.29, 1.82) is 0 Å². The fourth-order valence-corrected chi connectivity index (χ4v) is 2.74. The third-order valence-corrected chi connectivity index (χ3v) is 4.02. The molecule has 0 aliphatic heterocycles. The van der Waals surface area contributed by atoms with Gasteiger partial charge in [0.15, 0.2) is 0 Å². The van der Waals surface area contributed by atoms with Crippen LogP contribution < -0.4 is 5.32 Å². The molecule has 0 heterocycles. The Morgan fingerprint density at radius 2 is 1.85 bits per heavy atom. The first-order valence-corrected chi connectivity index (χ1v) is 7.18. The summed E-state index contributed by atoms with van der Waals surface area (Å²) in [6.45, 7) is 2.19. The Labute approximate surface area is 119 Å². The second-order valence-electron chi connectivity index (χ2n) is 5.61. The summed E-state index contributed by atoms with van der Waals surface area (Å²) >= 11 is 0. The molecule has 4 heteroatoms. The van der Waals surface area contributed by atoms with Crippen LogP contribution in [-0.2, 0) is 11.2 Å². The van der Waals surface area contributed by atoms with Gasteiger partial charge < -0.3 is 10.4 Å². The SMILES string of the molecule is CC1CCCCC1NC(=O)Cc1ccc(C(=O)O)cc1. The molecule has 2 atom stereocenters. The maximum absolute atomic E-state index is 12.0. The largest absolute Gasteiger partial charge is 0.478 e. The molecule has 0 saturated heterocycles. The average Bonchev–Trinajstić information content (AvgIpc) is 2.42. The second-order valence-corrected chi connectivity index (χ2v) is 5.61. The van der Waals surface area contributed by atoms with Crippen molar-refractivity contribution in [2.24, 2.45) is 5.92 Å². The van der Waals surface area contributed by atoms with Gasteiger partial charge in [-0.3, -0.25) is 4.79 Å². The molecule has 1 fully saturated rings. The molecule has 1 saturated carbocycles. The molecule has 0 radical (unpaired) electrons. The van der Waals surface area contributed by atoms with Crippen molar-refractivity contribution in [3.8, 4) is 0 Å². The Morgan fingerprint density at radius 3 is 2.45 bits per heavy atom. The first kappa shape index (κ1) is 14.6. The summed E-state index contributed by atoms with van der Waals surface area (Å²) in [5.41, 5.74) is 1.09. The number of amides is 1. The van der Waals surface area contributed by atoms with E-state index in [1.807, 2.05) is 0 Å². The molecule has 2 rings (SSSR count). The van der Waals surface area contributed by atoms with Gasteiger partial charge >= 0.3 is 5.97 Å². The molecule has 108 valence electrons. The van der Waals surface area contributed by atoms with Gasteiger partial charge in [-0.25, -0.2) is 4.79 Å². The Kier molecular flexibility index (Phi) is 4.77. The summed E-state index contributed by atoms with van der Waals surface area (Å²) in [5.74, 6) is -0.383. The van der Waals surface area contributed by atoms with Crippen LogP contribution in [0.5, 0.6) is 0 Å². The number of benzene rings is 1. The number of hydrogen-bond donors (Lipinski definition) is 2. The van der Waals surface area contributed by atoms with Gasteiger partial charge in [0.2, 0.25) is 5.91 Å².